The van der Waals surface area contributed by atoms with Crippen LogP contribution in [0.15, 0.2) is 53.9 Å². The highest BCUT2D eigenvalue weighted by atomic mass is 35.5. The van der Waals surface area contributed by atoms with Crippen LogP contribution in [0, 0.1) is 5.92 Å². The average Bonchev–Trinajstić information content (AvgIpc) is 3.27. The van der Waals surface area contributed by atoms with E-state index in [2.05, 4.69) is 10.2 Å². The van der Waals surface area contributed by atoms with Crippen molar-refractivity contribution >= 4 is 50.6 Å². The van der Waals surface area contributed by atoms with Gasteiger partial charge in [-0.1, -0.05) is 23.7 Å². The lowest BCUT2D eigenvalue weighted by atomic mass is 9.89. The minimum absolute atomic E-state index is 0.0689. The molecule has 1 aliphatic rings. The number of nitrogens with zero attached hydrogens (tertiary/aromatic N) is 1. The monoisotopic (exact) mass is 456 g/mol. The van der Waals surface area contributed by atoms with Crippen LogP contribution >= 0.6 is 22.9 Å². The van der Waals surface area contributed by atoms with Gasteiger partial charge in [0.25, 0.3) is 0 Å². The van der Waals surface area contributed by atoms with Gasteiger partial charge in [-0.3, -0.25) is 10.1 Å². The molecule has 31 heavy (non-hydrogen) atoms. The summed E-state index contributed by atoms with van der Waals surface area (Å²) in [5.41, 5.74) is 1.52. The third-order valence-corrected chi connectivity index (χ3v) is 6.87. The molecule has 2 aromatic carbocycles. The van der Waals surface area contributed by atoms with E-state index in [1.165, 1.54) is 0 Å². The quantitative estimate of drug-likeness (QED) is 0.345. The first-order valence-corrected chi connectivity index (χ1v) is 11.8. The number of ketones is 1. The number of fused-ring (bicyclic) bond motifs is 1. The van der Waals surface area contributed by atoms with E-state index >= 15 is 0 Å². The number of nitrogens with one attached hydrogen (secondary N) is 1. The summed E-state index contributed by atoms with van der Waals surface area (Å²) in [5, 5.41) is 6.60. The number of anilines is 1. The van der Waals surface area contributed by atoms with E-state index in [0.717, 1.165) is 60.2 Å². The van der Waals surface area contributed by atoms with Gasteiger partial charge in [0.05, 0.1) is 17.0 Å². The average molecular weight is 457 g/mol. The number of ether oxygens (including phenoxy) is 1. The number of Topliss-reactive ketones (excluding diaryl/α,β-unsaturated/α-hetero) is 1. The van der Waals surface area contributed by atoms with Gasteiger partial charge in [0.1, 0.15) is 0 Å². The number of likely N-dealkylation sites (tertiary alicyclic amines) is 1. The second-order valence-corrected chi connectivity index (χ2v) is 9.10. The number of halogens is 1. The van der Waals surface area contributed by atoms with E-state index < -0.39 is 6.09 Å². The zero-order valence-electron chi connectivity index (χ0n) is 17.2. The van der Waals surface area contributed by atoms with Crippen LogP contribution in [0.4, 0.5) is 10.5 Å². The third-order valence-electron chi connectivity index (χ3n) is 5.65. The molecule has 0 aliphatic carbocycles. The Morgan fingerprint density at radius 2 is 1.87 bits per heavy atom. The molecule has 1 aromatic heterocycles. The minimum atomic E-state index is -0.423. The fourth-order valence-corrected chi connectivity index (χ4v) is 4.95. The Balaban J connectivity index is 1.15. The summed E-state index contributed by atoms with van der Waals surface area (Å²) in [6.07, 6.45) is 2.06. The van der Waals surface area contributed by atoms with Crippen molar-refractivity contribution in [3.63, 3.8) is 0 Å². The molecule has 1 fully saturated rings. The highest BCUT2D eigenvalue weighted by Gasteiger charge is 2.25. The number of carbonyl (C=O) groups excluding carboxylic acids is 2. The predicted molar refractivity (Wildman–Crippen MR) is 126 cm³/mol. The second kappa shape index (κ2) is 10.3. The van der Waals surface area contributed by atoms with Crippen LogP contribution in [0.3, 0.4) is 0 Å². The van der Waals surface area contributed by atoms with Crippen molar-refractivity contribution < 1.29 is 14.3 Å². The molecule has 0 spiro atoms. The first-order valence-electron chi connectivity index (χ1n) is 10.5. The van der Waals surface area contributed by atoms with Crippen LogP contribution in [-0.4, -0.2) is 43.0 Å². The molecule has 7 heteroatoms. The van der Waals surface area contributed by atoms with Crippen LogP contribution < -0.4 is 5.32 Å². The van der Waals surface area contributed by atoms with Crippen LogP contribution in [0.5, 0.6) is 0 Å². The molecule has 2 heterocycles. The summed E-state index contributed by atoms with van der Waals surface area (Å²) >= 11 is 7.50. The topological polar surface area (TPSA) is 58.6 Å². The van der Waals surface area contributed by atoms with E-state index in [1.54, 1.807) is 35.6 Å². The molecule has 1 saturated heterocycles. The maximum Gasteiger partial charge on any atom is 0.411 e. The minimum Gasteiger partial charge on any atom is -0.449 e. The fraction of sp³-hybridized carbons (Fsp3) is 0.333. The van der Waals surface area contributed by atoms with Gasteiger partial charge < -0.3 is 9.64 Å². The molecule has 1 amide bonds. The van der Waals surface area contributed by atoms with Gasteiger partial charge in [-0.2, -0.15) is 0 Å². The number of rotatable bonds is 7. The lowest BCUT2D eigenvalue weighted by Gasteiger charge is -2.31. The van der Waals surface area contributed by atoms with Gasteiger partial charge in [0, 0.05) is 23.0 Å². The molecule has 5 nitrogen and oxygen atoms in total. The van der Waals surface area contributed by atoms with E-state index in [9.17, 15) is 9.59 Å². The number of piperidine rings is 1. The van der Waals surface area contributed by atoms with E-state index in [4.69, 9.17) is 16.3 Å². The van der Waals surface area contributed by atoms with Gasteiger partial charge >= 0.3 is 6.09 Å². The predicted octanol–water partition coefficient (Wildman–Crippen LogP) is 6.09. The maximum atomic E-state index is 12.6. The van der Waals surface area contributed by atoms with E-state index in [1.807, 2.05) is 29.6 Å². The summed E-state index contributed by atoms with van der Waals surface area (Å²) in [5.74, 6) is 0.275. The number of carbonyl (C=O) groups is 2. The molecule has 0 saturated carbocycles. The fourth-order valence-electron chi connectivity index (χ4n) is 3.96. The zero-order valence-corrected chi connectivity index (χ0v) is 18.8. The standard InChI is InChI=1S/C24H25ClN2O3S/c25-20-7-5-17(6-8-20)22(28)18-9-13-27(14-10-18)12-2-15-30-24(29)26-21-4-1-3-19-11-16-31-23(19)21/h1,3-8,11,16,18H,2,9-10,12-15H2,(H,26,29). The van der Waals surface area contributed by atoms with Crippen LogP contribution in [0.25, 0.3) is 10.1 Å². The summed E-state index contributed by atoms with van der Waals surface area (Å²) < 4.78 is 6.40. The van der Waals surface area contributed by atoms with Gasteiger partial charge in [-0.15, -0.1) is 11.3 Å². The molecule has 0 unspecified atom stereocenters. The van der Waals surface area contributed by atoms with Crippen molar-refractivity contribution in [1.82, 2.24) is 4.90 Å². The van der Waals surface area contributed by atoms with Gasteiger partial charge in [-0.25, -0.2) is 4.79 Å². The zero-order chi connectivity index (χ0) is 21.6. The molecule has 0 radical (unpaired) electrons. The van der Waals surface area contributed by atoms with Crippen molar-refractivity contribution in [2.75, 3.05) is 31.6 Å². The molecular weight excluding hydrogens is 432 g/mol. The summed E-state index contributed by atoms with van der Waals surface area (Å²) in [6.45, 7) is 3.00. The Hall–Kier alpha value is -2.41. The molecule has 0 atom stereocenters. The SMILES string of the molecule is O=C(Nc1cccc2ccsc12)OCCCN1CCC(C(=O)c2ccc(Cl)cc2)CC1. The first-order chi connectivity index (χ1) is 15.1. The van der Waals surface area contributed by atoms with Gasteiger partial charge in [0.15, 0.2) is 5.78 Å². The largest absolute Gasteiger partial charge is 0.449 e. The molecular formula is C24H25ClN2O3S. The second-order valence-electron chi connectivity index (χ2n) is 7.75. The summed E-state index contributed by atoms with van der Waals surface area (Å²) in [4.78, 5) is 27.1. The normalized spacial score (nSPS) is 15.1. The van der Waals surface area contributed by atoms with Crippen LogP contribution in [-0.2, 0) is 4.74 Å². The number of benzene rings is 2. The van der Waals surface area contributed by atoms with Gasteiger partial charge in [-0.05, 0) is 79.5 Å². The number of hydrogen-bond acceptors (Lipinski definition) is 5. The van der Waals surface area contributed by atoms with Crippen molar-refractivity contribution in [2.24, 2.45) is 5.92 Å². The van der Waals surface area contributed by atoms with Crippen LogP contribution in [0.2, 0.25) is 5.02 Å². The summed E-state index contributed by atoms with van der Waals surface area (Å²) in [7, 11) is 0. The third kappa shape index (κ3) is 5.64. The van der Waals surface area contributed by atoms with E-state index in [0.29, 0.717) is 11.6 Å². The highest BCUT2D eigenvalue weighted by Crippen LogP contribution is 2.28. The molecule has 0 bridgehead atoms. The van der Waals surface area contributed by atoms with Crippen LogP contribution in [0.1, 0.15) is 29.6 Å². The first kappa shape index (κ1) is 21.8. The molecule has 1 N–H and O–H groups in total. The Morgan fingerprint density at radius 3 is 2.65 bits per heavy atom. The maximum absolute atomic E-state index is 12.6. The Bertz CT molecular complexity index is 1040. The lowest BCUT2D eigenvalue weighted by Crippen LogP contribution is -2.37. The van der Waals surface area contributed by atoms with E-state index in [-0.39, 0.29) is 11.7 Å². The van der Waals surface area contributed by atoms with Crippen molar-refractivity contribution in [3.05, 3.63) is 64.5 Å². The Morgan fingerprint density at radius 1 is 1.10 bits per heavy atom. The molecule has 4 rings (SSSR count). The van der Waals surface area contributed by atoms with Gasteiger partial charge in [0.2, 0.25) is 0 Å². The number of thiophene rings is 1. The number of amides is 1. The molecule has 3 aromatic rings. The summed E-state index contributed by atoms with van der Waals surface area (Å²) in [6, 6.07) is 15.0. The number of hydrogen-bond donors (Lipinski definition) is 1. The Labute approximate surface area is 191 Å². The molecule has 162 valence electrons. The van der Waals surface area contributed by atoms with Crippen molar-refractivity contribution in [1.29, 1.82) is 0 Å². The Kier molecular flexibility index (Phi) is 7.22. The highest BCUT2D eigenvalue weighted by molar-refractivity contribution is 7.17. The van der Waals surface area contributed by atoms with Crippen molar-refractivity contribution in [2.45, 2.75) is 19.3 Å². The lowest BCUT2D eigenvalue weighted by molar-refractivity contribution is 0.0830. The molecule has 1 aliphatic heterocycles. The smallest absolute Gasteiger partial charge is 0.411 e. The van der Waals surface area contributed by atoms with Crippen molar-refractivity contribution in [3.8, 4) is 0 Å².